The van der Waals surface area contributed by atoms with Crippen LogP contribution in [0, 0.1) is 0 Å². The number of benzene rings is 1. The first-order valence-electron chi connectivity index (χ1n) is 5.43. The second-order valence-corrected chi connectivity index (χ2v) is 4.66. The Morgan fingerprint density at radius 2 is 2.05 bits per heavy atom. The lowest BCUT2D eigenvalue weighted by atomic mass is 10.3. The molecule has 0 heterocycles. The van der Waals surface area contributed by atoms with E-state index in [0.717, 1.165) is 4.90 Å². The number of aliphatic carboxylic acids is 1. The molecular formula is C12H13Cl2NO4. The van der Waals surface area contributed by atoms with E-state index in [2.05, 4.69) is 0 Å². The monoisotopic (exact) mass is 305 g/mol. The lowest BCUT2D eigenvalue weighted by Gasteiger charge is -2.14. The Labute approximate surface area is 120 Å². The molecule has 1 rings (SSSR count). The number of carboxylic acid groups (broad SMARTS) is 1. The molecule has 0 atom stereocenters. The molecule has 1 N–H and O–H groups in total. The van der Waals surface area contributed by atoms with Crippen LogP contribution in [0.2, 0.25) is 10.0 Å². The Kier molecular flexibility index (Phi) is 5.92. The molecule has 1 amide bonds. The van der Waals surface area contributed by atoms with E-state index in [1.165, 1.54) is 13.1 Å². The van der Waals surface area contributed by atoms with Gasteiger partial charge in [0.15, 0.2) is 0 Å². The zero-order valence-corrected chi connectivity index (χ0v) is 11.7. The third-order valence-electron chi connectivity index (χ3n) is 2.27. The van der Waals surface area contributed by atoms with Crippen molar-refractivity contribution in [2.45, 2.75) is 6.42 Å². The number of hydrogen-bond donors (Lipinski definition) is 1. The molecule has 0 aliphatic carbocycles. The number of rotatable bonds is 6. The fourth-order valence-corrected chi connectivity index (χ4v) is 1.79. The van der Waals surface area contributed by atoms with Crippen molar-refractivity contribution in [1.82, 2.24) is 4.90 Å². The normalized spacial score (nSPS) is 10.1. The largest absolute Gasteiger partial charge is 0.491 e. The zero-order chi connectivity index (χ0) is 14.4. The molecular weight excluding hydrogens is 293 g/mol. The Balaban J connectivity index is 2.41. The highest BCUT2D eigenvalue weighted by molar-refractivity contribution is 6.35. The Morgan fingerprint density at radius 1 is 1.37 bits per heavy atom. The highest BCUT2D eigenvalue weighted by atomic mass is 35.5. The van der Waals surface area contributed by atoms with Crippen LogP contribution in [0.5, 0.6) is 5.75 Å². The first kappa shape index (κ1) is 15.6. The maximum Gasteiger partial charge on any atom is 0.323 e. The molecule has 0 aliphatic rings. The van der Waals surface area contributed by atoms with Gasteiger partial charge in [-0.1, -0.05) is 23.2 Å². The highest BCUT2D eigenvalue weighted by Gasteiger charge is 2.12. The summed E-state index contributed by atoms with van der Waals surface area (Å²) in [5, 5.41) is 9.40. The molecule has 0 fully saturated rings. The van der Waals surface area contributed by atoms with Crippen molar-refractivity contribution in [2.24, 2.45) is 0 Å². The number of carboxylic acids is 1. The SMILES string of the molecule is CN(CC(=O)O)C(=O)CCOc1ccc(Cl)cc1Cl. The van der Waals surface area contributed by atoms with E-state index in [1.807, 2.05) is 0 Å². The minimum atomic E-state index is -1.06. The van der Waals surface area contributed by atoms with Gasteiger partial charge in [0.2, 0.25) is 5.91 Å². The second-order valence-electron chi connectivity index (χ2n) is 3.82. The molecule has 0 aliphatic heterocycles. The van der Waals surface area contributed by atoms with Crippen LogP contribution in [0.25, 0.3) is 0 Å². The molecule has 0 radical (unpaired) electrons. The summed E-state index contributed by atoms with van der Waals surface area (Å²) in [6, 6.07) is 4.77. The molecule has 0 unspecified atom stereocenters. The molecule has 0 bridgehead atoms. The van der Waals surface area contributed by atoms with Gasteiger partial charge in [-0.3, -0.25) is 9.59 Å². The van der Waals surface area contributed by atoms with E-state index in [9.17, 15) is 9.59 Å². The van der Waals surface area contributed by atoms with Gasteiger partial charge in [0, 0.05) is 12.1 Å². The van der Waals surface area contributed by atoms with Crippen LogP contribution in [0.3, 0.4) is 0 Å². The third-order valence-corrected chi connectivity index (χ3v) is 2.80. The van der Waals surface area contributed by atoms with E-state index >= 15 is 0 Å². The van der Waals surface area contributed by atoms with Crippen molar-refractivity contribution in [2.75, 3.05) is 20.2 Å². The summed E-state index contributed by atoms with van der Waals surface area (Å²) in [6.45, 7) is -0.218. The average molecular weight is 306 g/mol. The van der Waals surface area contributed by atoms with E-state index in [1.54, 1.807) is 12.1 Å². The molecule has 1 aromatic rings. The van der Waals surface area contributed by atoms with Gasteiger partial charge in [-0.15, -0.1) is 0 Å². The van der Waals surface area contributed by atoms with Gasteiger partial charge in [0.1, 0.15) is 12.3 Å². The standard InChI is InChI=1S/C12H13Cl2NO4/c1-15(7-12(17)18)11(16)4-5-19-10-3-2-8(13)6-9(10)14/h2-3,6H,4-5,7H2,1H3,(H,17,18). The van der Waals surface area contributed by atoms with Gasteiger partial charge < -0.3 is 14.7 Å². The lowest BCUT2D eigenvalue weighted by molar-refractivity contribution is -0.143. The van der Waals surface area contributed by atoms with Crippen LogP contribution in [-0.4, -0.2) is 42.1 Å². The number of halogens is 2. The van der Waals surface area contributed by atoms with Gasteiger partial charge in [-0.2, -0.15) is 0 Å². The smallest absolute Gasteiger partial charge is 0.323 e. The topological polar surface area (TPSA) is 66.8 Å². The number of carbonyl (C=O) groups is 2. The highest BCUT2D eigenvalue weighted by Crippen LogP contribution is 2.27. The molecule has 19 heavy (non-hydrogen) atoms. The summed E-state index contributed by atoms with van der Waals surface area (Å²) >= 11 is 11.6. The van der Waals surface area contributed by atoms with Gasteiger partial charge in [0.05, 0.1) is 18.1 Å². The van der Waals surface area contributed by atoms with Crippen molar-refractivity contribution in [1.29, 1.82) is 0 Å². The predicted octanol–water partition coefficient (Wildman–Crippen LogP) is 2.31. The van der Waals surface area contributed by atoms with E-state index < -0.39 is 5.97 Å². The van der Waals surface area contributed by atoms with Crippen LogP contribution in [-0.2, 0) is 9.59 Å². The van der Waals surface area contributed by atoms with Crippen molar-refractivity contribution in [3.63, 3.8) is 0 Å². The van der Waals surface area contributed by atoms with Crippen molar-refractivity contribution in [3.8, 4) is 5.75 Å². The quantitative estimate of drug-likeness (QED) is 0.876. The number of nitrogens with zero attached hydrogens (tertiary/aromatic N) is 1. The van der Waals surface area contributed by atoms with Crippen LogP contribution < -0.4 is 4.74 Å². The lowest BCUT2D eigenvalue weighted by Crippen LogP contribution is -2.32. The summed E-state index contributed by atoms with van der Waals surface area (Å²) in [4.78, 5) is 23.1. The van der Waals surface area contributed by atoms with Crippen LogP contribution >= 0.6 is 23.2 Å². The Hall–Kier alpha value is -1.46. The Bertz CT molecular complexity index is 479. The molecule has 104 valence electrons. The summed E-state index contributed by atoms with van der Waals surface area (Å²) in [6.07, 6.45) is 0.0722. The fraction of sp³-hybridized carbons (Fsp3) is 0.333. The Morgan fingerprint density at radius 3 is 2.63 bits per heavy atom. The molecule has 1 aromatic carbocycles. The molecule has 5 nitrogen and oxygen atoms in total. The predicted molar refractivity (Wildman–Crippen MR) is 71.8 cm³/mol. The zero-order valence-electron chi connectivity index (χ0n) is 10.2. The molecule has 0 spiro atoms. The summed E-state index contributed by atoms with van der Waals surface area (Å²) in [7, 11) is 1.42. The number of carbonyl (C=O) groups excluding carboxylic acids is 1. The van der Waals surface area contributed by atoms with E-state index in [-0.39, 0.29) is 25.5 Å². The van der Waals surface area contributed by atoms with Gasteiger partial charge in [-0.05, 0) is 18.2 Å². The maximum atomic E-state index is 11.5. The molecule has 0 saturated carbocycles. The minimum Gasteiger partial charge on any atom is -0.491 e. The molecule has 0 saturated heterocycles. The van der Waals surface area contributed by atoms with Crippen LogP contribution in [0.4, 0.5) is 0 Å². The first-order chi connectivity index (χ1) is 8.90. The third kappa shape index (κ3) is 5.36. The first-order valence-corrected chi connectivity index (χ1v) is 6.19. The fourth-order valence-electron chi connectivity index (χ4n) is 1.32. The van der Waals surface area contributed by atoms with Crippen LogP contribution in [0.15, 0.2) is 18.2 Å². The summed E-state index contributed by atoms with van der Waals surface area (Å²) in [5.41, 5.74) is 0. The molecule has 7 heteroatoms. The van der Waals surface area contributed by atoms with Gasteiger partial charge in [-0.25, -0.2) is 0 Å². The van der Waals surface area contributed by atoms with E-state index in [4.69, 9.17) is 33.0 Å². The van der Waals surface area contributed by atoms with E-state index in [0.29, 0.717) is 15.8 Å². The number of amides is 1. The minimum absolute atomic E-state index is 0.0722. The average Bonchev–Trinajstić information content (AvgIpc) is 2.30. The second kappa shape index (κ2) is 7.21. The van der Waals surface area contributed by atoms with Crippen molar-refractivity contribution < 1.29 is 19.4 Å². The molecule has 0 aromatic heterocycles. The summed E-state index contributed by atoms with van der Waals surface area (Å²) in [5.74, 6) is -0.940. The van der Waals surface area contributed by atoms with Gasteiger partial charge in [0.25, 0.3) is 0 Å². The number of ether oxygens (including phenoxy) is 1. The summed E-state index contributed by atoms with van der Waals surface area (Å²) < 4.78 is 5.33. The van der Waals surface area contributed by atoms with Crippen molar-refractivity contribution in [3.05, 3.63) is 28.2 Å². The van der Waals surface area contributed by atoms with Gasteiger partial charge >= 0.3 is 5.97 Å². The maximum absolute atomic E-state index is 11.5. The van der Waals surface area contributed by atoms with Crippen LogP contribution in [0.1, 0.15) is 6.42 Å². The van der Waals surface area contributed by atoms with Crippen molar-refractivity contribution >= 4 is 35.1 Å². The number of likely N-dealkylation sites (N-methyl/N-ethyl adjacent to an activating group) is 1. The number of hydrogen-bond acceptors (Lipinski definition) is 3.